The average Bonchev–Trinajstić information content (AvgIpc) is 4.01. The van der Waals surface area contributed by atoms with E-state index in [2.05, 4.69) is 133 Å². The molecule has 2 unspecified atom stereocenters. The zero-order valence-electron chi connectivity index (χ0n) is 31.0. The van der Waals surface area contributed by atoms with Crippen LogP contribution in [-0.4, -0.2) is 0 Å². The van der Waals surface area contributed by atoms with Crippen LogP contribution < -0.4 is 24.8 Å². The Balaban J connectivity index is 0.00000192. The number of fused-ring (bicyclic) bond motifs is 4. The summed E-state index contributed by atoms with van der Waals surface area (Å²) in [5.74, 6) is 1.52. The standard InChI is InChI=1S/2C24H21.C3H6.2ClH.Hf/c2*1-2-8-17(7-1)20-15-19-11-6-14-23(24(19)16-20)22-13-5-10-18-9-3-4-12-21(18)22;1-3-2;;;/h2*3-6,9-17H,1-2,7-8H2;1-3H2;2*1H;/q;;;;;+2/p-2. The molecule has 0 spiro atoms. The molecule has 1 saturated heterocycles. The maximum Gasteiger partial charge on any atom is -1.00 e. The maximum atomic E-state index is 2.80. The van der Waals surface area contributed by atoms with Crippen LogP contribution in [0.25, 0.3) is 56.0 Å². The van der Waals surface area contributed by atoms with E-state index in [9.17, 15) is 0 Å². The first-order valence-electron chi connectivity index (χ1n) is 20.4. The summed E-state index contributed by atoms with van der Waals surface area (Å²) >= 11 is -3.22. The van der Waals surface area contributed by atoms with Crippen molar-refractivity contribution in [3.63, 3.8) is 0 Å². The van der Waals surface area contributed by atoms with Crippen molar-refractivity contribution in [1.29, 1.82) is 0 Å². The molecule has 11 rings (SSSR count). The molecule has 0 aromatic heterocycles. The number of halogens is 2. The summed E-state index contributed by atoms with van der Waals surface area (Å²) in [5, 5.41) is 5.47. The first-order valence-corrected chi connectivity index (χ1v) is 29.7. The summed E-state index contributed by atoms with van der Waals surface area (Å²) in [5.41, 5.74) is 16.1. The Morgan fingerprint density at radius 3 is 1.20 bits per heavy atom. The normalized spacial score (nSPS) is 21.0. The summed E-state index contributed by atoms with van der Waals surface area (Å²) < 4.78 is 4.51. The van der Waals surface area contributed by atoms with E-state index in [-0.39, 0.29) is 24.8 Å². The molecule has 0 N–H and O–H groups in total. The van der Waals surface area contributed by atoms with Gasteiger partial charge in [0.2, 0.25) is 0 Å². The van der Waals surface area contributed by atoms with E-state index in [0.29, 0.717) is 7.35 Å². The third-order valence-electron chi connectivity index (χ3n) is 14.4. The number of rotatable bonds is 6. The molecular formula is C51H48Cl2Hf. The average molecular weight is 910 g/mol. The van der Waals surface area contributed by atoms with E-state index in [0.717, 1.165) is 11.8 Å². The molecule has 2 atom stereocenters. The Bertz CT molecular complexity index is 2260. The van der Waals surface area contributed by atoms with Gasteiger partial charge in [0, 0.05) is 0 Å². The van der Waals surface area contributed by atoms with Crippen molar-refractivity contribution in [2.24, 2.45) is 11.8 Å². The number of hydrogen-bond acceptors (Lipinski definition) is 0. The molecule has 0 nitrogen and oxygen atoms in total. The topological polar surface area (TPSA) is 0 Å². The van der Waals surface area contributed by atoms with Crippen LogP contribution in [0.15, 0.2) is 132 Å². The van der Waals surface area contributed by atoms with Gasteiger partial charge in [-0.1, -0.05) is 0 Å². The minimum Gasteiger partial charge on any atom is -1.00 e. The minimum absolute atomic E-state index is 0. The Kier molecular flexibility index (Phi) is 9.90. The number of allylic oxidation sites excluding steroid dienone is 2. The van der Waals surface area contributed by atoms with Crippen LogP contribution >= 0.6 is 0 Å². The molecule has 0 amide bonds. The summed E-state index contributed by atoms with van der Waals surface area (Å²) in [7, 11) is 0. The third-order valence-corrected chi connectivity index (χ3v) is 36.6. The van der Waals surface area contributed by atoms with Gasteiger partial charge in [-0.25, -0.2) is 0 Å². The molecular weight excluding hydrogens is 862 g/mol. The van der Waals surface area contributed by atoms with Crippen molar-refractivity contribution in [3.05, 3.63) is 155 Å². The van der Waals surface area contributed by atoms with E-state index >= 15 is 0 Å². The van der Waals surface area contributed by atoms with E-state index < -0.39 is 20.0 Å². The quantitative estimate of drug-likeness (QED) is 0.147. The van der Waals surface area contributed by atoms with Crippen LogP contribution in [0.1, 0.15) is 87.4 Å². The smallest absolute Gasteiger partial charge is 1.00 e. The molecule has 6 aromatic carbocycles. The maximum absolute atomic E-state index is 3.22. The molecule has 5 aliphatic rings. The van der Waals surface area contributed by atoms with Gasteiger partial charge in [0.1, 0.15) is 0 Å². The van der Waals surface area contributed by atoms with Crippen molar-refractivity contribution in [2.45, 2.75) is 73.5 Å². The van der Waals surface area contributed by atoms with Crippen molar-refractivity contribution in [2.75, 3.05) is 0 Å². The summed E-state index contributed by atoms with van der Waals surface area (Å²) in [4.78, 5) is 0. The van der Waals surface area contributed by atoms with Crippen LogP contribution in [0.3, 0.4) is 0 Å². The molecule has 1 heterocycles. The van der Waals surface area contributed by atoms with Crippen molar-refractivity contribution in [1.82, 2.24) is 0 Å². The zero-order valence-corrected chi connectivity index (χ0v) is 36.1. The number of benzene rings is 6. The Morgan fingerprint density at radius 2 is 0.778 bits per heavy atom. The van der Waals surface area contributed by atoms with Crippen LogP contribution in [0.5, 0.6) is 0 Å². The van der Waals surface area contributed by atoms with E-state index in [1.54, 1.807) is 30.6 Å². The molecule has 0 bridgehead atoms. The summed E-state index contributed by atoms with van der Waals surface area (Å²) in [6.07, 6.45) is 18.2. The molecule has 3 heteroatoms. The van der Waals surface area contributed by atoms with Crippen LogP contribution in [0.4, 0.5) is 0 Å². The first kappa shape index (κ1) is 36.4. The second-order valence-electron chi connectivity index (χ2n) is 16.9. The van der Waals surface area contributed by atoms with Gasteiger partial charge in [0.05, 0.1) is 0 Å². The van der Waals surface area contributed by atoms with Gasteiger partial charge in [0.25, 0.3) is 0 Å². The molecule has 1 aliphatic heterocycles. The van der Waals surface area contributed by atoms with Crippen molar-refractivity contribution < 1.29 is 44.8 Å². The fourth-order valence-corrected chi connectivity index (χ4v) is 35.0. The van der Waals surface area contributed by atoms with Gasteiger partial charge < -0.3 is 24.8 Å². The summed E-state index contributed by atoms with van der Waals surface area (Å²) in [6.45, 7) is 0. The Labute approximate surface area is 338 Å². The van der Waals surface area contributed by atoms with Gasteiger partial charge >= 0.3 is 316 Å². The second kappa shape index (κ2) is 14.7. The fourth-order valence-electron chi connectivity index (χ4n) is 12.1. The monoisotopic (exact) mass is 910 g/mol. The fraction of sp³-hybridized carbons (Fsp3) is 0.294. The van der Waals surface area contributed by atoms with Crippen molar-refractivity contribution >= 4 is 33.7 Å². The molecule has 4 aliphatic carbocycles. The number of hydrogen-bond donors (Lipinski definition) is 0. The van der Waals surface area contributed by atoms with Crippen molar-refractivity contribution in [3.8, 4) is 22.3 Å². The SMILES string of the molecule is C1=C(C2CCCC2)[CH]([Hf+2]2([CH]3C(C4CCCC4)=Cc4c(-c5cccc6ccccc56)cccc43)[CH2]C[CH2]2)c2cccc(-c3cccc4ccccc34)c21.[Cl-].[Cl-]. The minimum atomic E-state index is -3.22. The van der Waals surface area contributed by atoms with Gasteiger partial charge in [-0.2, -0.15) is 0 Å². The molecule has 54 heavy (non-hydrogen) atoms. The molecule has 0 radical (unpaired) electrons. The molecule has 3 fully saturated rings. The predicted molar refractivity (Wildman–Crippen MR) is 218 cm³/mol. The zero-order chi connectivity index (χ0) is 34.2. The molecule has 2 saturated carbocycles. The van der Waals surface area contributed by atoms with E-state index in [1.165, 1.54) is 102 Å². The molecule has 270 valence electrons. The van der Waals surface area contributed by atoms with Crippen LogP contribution in [-0.2, 0) is 20.0 Å². The van der Waals surface area contributed by atoms with Gasteiger partial charge in [-0.3, -0.25) is 0 Å². The first-order chi connectivity index (χ1) is 25.8. The van der Waals surface area contributed by atoms with Crippen LogP contribution in [0.2, 0.25) is 8.35 Å². The van der Waals surface area contributed by atoms with Crippen LogP contribution in [0, 0.1) is 11.8 Å². The third kappa shape index (κ3) is 5.62. The predicted octanol–water partition coefficient (Wildman–Crippen LogP) is 8.69. The van der Waals surface area contributed by atoms with Gasteiger partial charge in [-0.15, -0.1) is 0 Å². The summed E-state index contributed by atoms with van der Waals surface area (Å²) in [6, 6.07) is 46.9. The van der Waals surface area contributed by atoms with E-state index in [1.807, 2.05) is 11.1 Å². The van der Waals surface area contributed by atoms with E-state index in [4.69, 9.17) is 0 Å². The second-order valence-corrected chi connectivity index (χ2v) is 33.5. The largest absolute Gasteiger partial charge is 1.00 e. The Morgan fingerprint density at radius 1 is 0.389 bits per heavy atom. The molecule has 6 aromatic rings. The Hall–Kier alpha value is -3.23. The van der Waals surface area contributed by atoms with Gasteiger partial charge in [-0.05, 0) is 0 Å². The van der Waals surface area contributed by atoms with Gasteiger partial charge in [0.15, 0.2) is 0 Å².